The summed E-state index contributed by atoms with van der Waals surface area (Å²) in [6, 6.07) is 4.68. The molecule has 20 heavy (non-hydrogen) atoms. The summed E-state index contributed by atoms with van der Waals surface area (Å²) in [5.74, 6) is -1.35. The maximum atomic E-state index is 13.1. The number of benzene rings is 1. The standard InChI is InChI=1S/C14H19FN2O3/c1-10-7-11(3-4-12(10)15)8-16-13(18)9-17(2)6-5-14(19)20/h3-4,7H,5-6,8-9H2,1-2H3,(H,16,18)(H,19,20). The van der Waals surface area contributed by atoms with Gasteiger partial charge in [-0.3, -0.25) is 14.5 Å². The number of hydrogen-bond donors (Lipinski definition) is 2. The van der Waals surface area contributed by atoms with Gasteiger partial charge in [0.1, 0.15) is 5.82 Å². The lowest BCUT2D eigenvalue weighted by atomic mass is 10.1. The minimum Gasteiger partial charge on any atom is -0.481 e. The molecule has 0 unspecified atom stereocenters. The molecule has 0 spiro atoms. The van der Waals surface area contributed by atoms with Gasteiger partial charge in [-0.1, -0.05) is 12.1 Å². The fourth-order valence-electron chi connectivity index (χ4n) is 1.68. The van der Waals surface area contributed by atoms with Gasteiger partial charge in [-0.25, -0.2) is 4.39 Å². The molecule has 0 aliphatic rings. The number of carboxylic acids is 1. The van der Waals surface area contributed by atoms with Gasteiger partial charge in [0.05, 0.1) is 13.0 Å². The Hall–Kier alpha value is -1.95. The van der Waals surface area contributed by atoms with Gasteiger partial charge in [0.25, 0.3) is 0 Å². The highest BCUT2D eigenvalue weighted by Gasteiger charge is 2.08. The summed E-state index contributed by atoms with van der Waals surface area (Å²) < 4.78 is 13.1. The Morgan fingerprint density at radius 3 is 2.70 bits per heavy atom. The number of hydrogen-bond acceptors (Lipinski definition) is 3. The maximum absolute atomic E-state index is 13.1. The lowest BCUT2D eigenvalue weighted by Crippen LogP contribution is -2.35. The Morgan fingerprint density at radius 1 is 1.40 bits per heavy atom. The van der Waals surface area contributed by atoms with Crippen LogP contribution in [0.1, 0.15) is 17.5 Å². The Kier molecular flexibility index (Phi) is 6.11. The fraction of sp³-hybridized carbons (Fsp3) is 0.429. The molecular weight excluding hydrogens is 263 g/mol. The number of carbonyl (C=O) groups is 2. The molecule has 0 aromatic heterocycles. The average molecular weight is 282 g/mol. The molecule has 0 saturated carbocycles. The molecule has 110 valence electrons. The number of carbonyl (C=O) groups excluding carboxylic acids is 1. The summed E-state index contributed by atoms with van der Waals surface area (Å²) in [6.45, 7) is 2.44. The van der Waals surface area contributed by atoms with Crippen molar-refractivity contribution in [3.63, 3.8) is 0 Å². The molecule has 6 heteroatoms. The van der Waals surface area contributed by atoms with E-state index < -0.39 is 5.97 Å². The van der Waals surface area contributed by atoms with Crippen molar-refractivity contribution in [1.29, 1.82) is 0 Å². The molecule has 0 radical (unpaired) electrons. The van der Waals surface area contributed by atoms with Crippen LogP contribution in [-0.2, 0) is 16.1 Å². The number of carboxylic acid groups (broad SMARTS) is 1. The number of aryl methyl sites for hydroxylation is 1. The zero-order chi connectivity index (χ0) is 15.1. The molecule has 0 aliphatic carbocycles. The van der Waals surface area contributed by atoms with E-state index in [-0.39, 0.29) is 24.7 Å². The minimum atomic E-state index is -0.890. The van der Waals surface area contributed by atoms with E-state index in [2.05, 4.69) is 5.32 Å². The van der Waals surface area contributed by atoms with Crippen molar-refractivity contribution >= 4 is 11.9 Å². The highest BCUT2D eigenvalue weighted by molar-refractivity contribution is 5.78. The van der Waals surface area contributed by atoms with Gasteiger partial charge >= 0.3 is 5.97 Å². The van der Waals surface area contributed by atoms with Gasteiger partial charge in [0.15, 0.2) is 0 Å². The van der Waals surface area contributed by atoms with E-state index in [0.717, 1.165) is 5.56 Å². The Bertz CT molecular complexity index is 491. The van der Waals surface area contributed by atoms with Crippen molar-refractivity contribution in [3.05, 3.63) is 35.1 Å². The van der Waals surface area contributed by atoms with Gasteiger partial charge in [0.2, 0.25) is 5.91 Å². The lowest BCUT2D eigenvalue weighted by molar-refractivity contribution is -0.137. The summed E-state index contributed by atoms with van der Waals surface area (Å²) in [4.78, 5) is 23.7. The van der Waals surface area contributed by atoms with Crippen LogP contribution < -0.4 is 5.32 Å². The molecule has 0 saturated heterocycles. The Balaban J connectivity index is 2.35. The molecule has 0 bridgehead atoms. The summed E-state index contributed by atoms with van der Waals surface area (Å²) in [6.07, 6.45) is 0.000929. The van der Waals surface area contributed by atoms with Crippen LogP contribution in [0, 0.1) is 12.7 Å². The topological polar surface area (TPSA) is 69.6 Å². The summed E-state index contributed by atoms with van der Waals surface area (Å²) >= 11 is 0. The van der Waals surface area contributed by atoms with E-state index in [0.29, 0.717) is 18.7 Å². The third-order valence-electron chi connectivity index (χ3n) is 2.83. The number of amides is 1. The van der Waals surface area contributed by atoms with Crippen molar-refractivity contribution in [2.24, 2.45) is 0 Å². The Labute approximate surface area is 117 Å². The van der Waals surface area contributed by atoms with Crippen LogP contribution in [-0.4, -0.2) is 42.0 Å². The smallest absolute Gasteiger partial charge is 0.304 e. The van der Waals surface area contributed by atoms with Gasteiger partial charge in [0, 0.05) is 13.1 Å². The minimum absolute atomic E-state index is 0.000929. The van der Waals surface area contributed by atoms with Crippen LogP contribution in [0.5, 0.6) is 0 Å². The zero-order valence-electron chi connectivity index (χ0n) is 11.6. The largest absolute Gasteiger partial charge is 0.481 e. The normalized spacial score (nSPS) is 10.6. The number of likely N-dealkylation sites (N-methyl/N-ethyl adjacent to an activating group) is 1. The molecule has 1 amide bonds. The first-order valence-corrected chi connectivity index (χ1v) is 6.30. The third-order valence-corrected chi connectivity index (χ3v) is 2.83. The number of nitrogens with zero attached hydrogens (tertiary/aromatic N) is 1. The quantitative estimate of drug-likeness (QED) is 0.787. The number of nitrogens with one attached hydrogen (secondary N) is 1. The van der Waals surface area contributed by atoms with Crippen LogP contribution in [0.25, 0.3) is 0 Å². The molecule has 5 nitrogen and oxygen atoms in total. The summed E-state index contributed by atoms with van der Waals surface area (Å²) in [5, 5.41) is 11.3. The zero-order valence-corrected chi connectivity index (χ0v) is 11.6. The third kappa shape index (κ3) is 5.79. The highest BCUT2D eigenvalue weighted by Crippen LogP contribution is 2.08. The van der Waals surface area contributed by atoms with Crippen LogP contribution in [0.4, 0.5) is 4.39 Å². The lowest BCUT2D eigenvalue weighted by Gasteiger charge is -2.15. The monoisotopic (exact) mass is 282 g/mol. The van der Waals surface area contributed by atoms with Crippen LogP contribution >= 0.6 is 0 Å². The van der Waals surface area contributed by atoms with Crippen LogP contribution in [0.15, 0.2) is 18.2 Å². The van der Waals surface area contributed by atoms with E-state index in [4.69, 9.17) is 5.11 Å². The van der Waals surface area contributed by atoms with Gasteiger partial charge in [-0.15, -0.1) is 0 Å². The molecule has 0 aliphatic heterocycles. The van der Waals surface area contributed by atoms with Crippen molar-refractivity contribution in [2.45, 2.75) is 19.9 Å². The first-order chi connectivity index (χ1) is 9.38. The van der Waals surface area contributed by atoms with E-state index >= 15 is 0 Å². The summed E-state index contributed by atoms with van der Waals surface area (Å²) in [7, 11) is 1.69. The van der Waals surface area contributed by atoms with Crippen molar-refractivity contribution in [2.75, 3.05) is 20.1 Å². The van der Waals surface area contributed by atoms with Gasteiger partial charge in [-0.2, -0.15) is 0 Å². The molecule has 0 atom stereocenters. The van der Waals surface area contributed by atoms with Gasteiger partial charge < -0.3 is 10.4 Å². The molecule has 1 rings (SSSR count). The molecule has 0 heterocycles. The second-order valence-electron chi connectivity index (χ2n) is 4.74. The second-order valence-corrected chi connectivity index (χ2v) is 4.74. The van der Waals surface area contributed by atoms with Crippen LogP contribution in [0.3, 0.4) is 0 Å². The predicted octanol–water partition coefficient (Wildman–Crippen LogP) is 1.16. The van der Waals surface area contributed by atoms with Gasteiger partial charge in [-0.05, 0) is 31.2 Å². The summed E-state index contributed by atoms with van der Waals surface area (Å²) in [5.41, 5.74) is 1.36. The van der Waals surface area contributed by atoms with E-state index in [1.165, 1.54) is 6.07 Å². The molecule has 1 aromatic carbocycles. The SMILES string of the molecule is Cc1cc(CNC(=O)CN(C)CCC(=O)O)ccc1F. The first-order valence-electron chi connectivity index (χ1n) is 6.30. The van der Waals surface area contributed by atoms with Crippen molar-refractivity contribution < 1.29 is 19.1 Å². The van der Waals surface area contributed by atoms with Crippen molar-refractivity contribution in [3.8, 4) is 0 Å². The first kappa shape index (κ1) is 16.1. The molecule has 1 aromatic rings. The van der Waals surface area contributed by atoms with E-state index in [9.17, 15) is 14.0 Å². The predicted molar refractivity (Wildman–Crippen MR) is 72.7 cm³/mol. The fourth-order valence-corrected chi connectivity index (χ4v) is 1.68. The second kappa shape index (κ2) is 7.59. The van der Waals surface area contributed by atoms with E-state index in [1.54, 1.807) is 31.0 Å². The molecule has 0 fully saturated rings. The Morgan fingerprint density at radius 2 is 2.10 bits per heavy atom. The number of halogens is 1. The molecule has 2 N–H and O–H groups in total. The van der Waals surface area contributed by atoms with Crippen molar-refractivity contribution in [1.82, 2.24) is 10.2 Å². The highest BCUT2D eigenvalue weighted by atomic mass is 19.1. The van der Waals surface area contributed by atoms with Crippen LogP contribution in [0.2, 0.25) is 0 Å². The number of aliphatic carboxylic acids is 1. The van der Waals surface area contributed by atoms with E-state index in [1.807, 2.05) is 0 Å². The maximum Gasteiger partial charge on any atom is 0.304 e. The average Bonchev–Trinajstić information content (AvgIpc) is 2.38. The number of rotatable bonds is 7. The molecular formula is C14H19FN2O3.